The largest absolute Gasteiger partial charge is 0.386 e. The summed E-state index contributed by atoms with van der Waals surface area (Å²) >= 11 is 1.63. The second-order valence-electron chi connectivity index (χ2n) is 5.74. The highest BCUT2D eigenvalue weighted by Crippen LogP contribution is 2.29. The van der Waals surface area contributed by atoms with Crippen molar-refractivity contribution in [3.05, 3.63) is 53.9 Å². The van der Waals surface area contributed by atoms with Crippen molar-refractivity contribution in [3.8, 4) is 0 Å². The van der Waals surface area contributed by atoms with Crippen LogP contribution in [0, 0.1) is 0 Å². The fraction of sp³-hybridized carbons (Fsp3) is 0.333. The first kappa shape index (κ1) is 17.4. The Morgan fingerprint density at radius 2 is 2.24 bits per heavy atom. The van der Waals surface area contributed by atoms with E-state index >= 15 is 0 Å². The van der Waals surface area contributed by atoms with Crippen LogP contribution in [0.2, 0.25) is 0 Å². The molecule has 0 aliphatic carbocycles. The predicted molar refractivity (Wildman–Crippen MR) is 103 cm³/mol. The van der Waals surface area contributed by atoms with Crippen LogP contribution < -0.4 is 10.6 Å². The van der Waals surface area contributed by atoms with Crippen LogP contribution in [0.15, 0.2) is 54.0 Å². The molecule has 1 atom stereocenters. The first-order chi connectivity index (χ1) is 12.3. The molecule has 0 bridgehead atoms. The van der Waals surface area contributed by atoms with Gasteiger partial charge < -0.3 is 20.3 Å². The van der Waals surface area contributed by atoms with Crippen LogP contribution in [0.25, 0.3) is 10.1 Å². The number of benzene rings is 1. The van der Waals surface area contributed by atoms with Crippen LogP contribution in [-0.4, -0.2) is 40.8 Å². The molecule has 6 nitrogen and oxygen atoms in total. The van der Waals surface area contributed by atoms with E-state index in [2.05, 4.69) is 32.7 Å². The molecule has 0 saturated carbocycles. The van der Waals surface area contributed by atoms with Gasteiger partial charge in [-0.3, -0.25) is 4.99 Å². The summed E-state index contributed by atoms with van der Waals surface area (Å²) in [6.07, 6.45) is 5.96. The Labute approximate surface area is 151 Å². The number of imidazole rings is 1. The van der Waals surface area contributed by atoms with Gasteiger partial charge in [-0.05, 0) is 23.9 Å². The Hall–Kier alpha value is -2.38. The number of fused-ring (bicyclic) bond motifs is 1. The number of aliphatic hydroxyl groups is 1. The number of nitrogens with one attached hydrogen (secondary N) is 2. The smallest absolute Gasteiger partial charge is 0.191 e. The van der Waals surface area contributed by atoms with E-state index < -0.39 is 6.10 Å². The number of aliphatic hydroxyl groups excluding tert-OH is 1. The maximum Gasteiger partial charge on any atom is 0.191 e. The fourth-order valence-corrected chi connectivity index (χ4v) is 3.62. The third kappa shape index (κ3) is 4.80. The average Bonchev–Trinajstić information content (AvgIpc) is 3.30. The van der Waals surface area contributed by atoms with E-state index in [0.29, 0.717) is 12.5 Å². The number of hydrogen-bond donors (Lipinski definition) is 3. The lowest BCUT2D eigenvalue weighted by molar-refractivity contribution is 0.184. The quantitative estimate of drug-likeness (QED) is 0.345. The Balaban J connectivity index is 1.43. The maximum atomic E-state index is 10.4. The molecule has 3 aromatic rings. The molecule has 0 aliphatic heterocycles. The first-order valence-corrected chi connectivity index (χ1v) is 9.14. The van der Waals surface area contributed by atoms with Crippen molar-refractivity contribution in [2.75, 3.05) is 20.1 Å². The number of thiophene rings is 1. The SMILES string of the molecule is CN=C(NCCCn1ccnc1)NCC(O)c1cc2ccccc2s1. The zero-order valence-corrected chi connectivity index (χ0v) is 15.0. The van der Waals surface area contributed by atoms with Gasteiger partial charge in [0.05, 0.1) is 6.33 Å². The van der Waals surface area contributed by atoms with Gasteiger partial charge in [-0.2, -0.15) is 0 Å². The summed E-state index contributed by atoms with van der Waals surface area (Å²) < 4.78 is 3.24. The minimum absolute atomic E-state index is 0.425. The molecule has 132 valence electrons. The number of hydrogen-bond acceptors (Lipinski definition) is 4. The van der Waals surface area contributed by atoms with Crippen LogP contribution in [0.4, 0.5) is 0 Å². The standard InChI is InChI=1S/C18H23N5OS/c1-19-18(21-7-4-9-23-10-8-20-13-23)22-12-15(24)17-11-14-5-2-3-6-16(14)25-17/h2-3,5-6,8,10-11,13,15,24H,4,7,9,12H2,1H3,(H2,19,21,22). The van der Waals surface area contributed by atoms with Crippen LogP contribution in [0.1, 0.15) is 17.4 Å². The van der Waals surface area contributed by atoms with Crippen LogP contribution >= 0.6 is 11.3 Å². The molecule has 0 aliphatic rings. The van der Waals surface area contributed by atoms with Crippen molar-refractivity contribution >= 4 is 27.4 Å². The second kappa shape index (κ2) is 8.64. The summed E-state index contributed by atoms with van der Waals surface area (Å²) in [6, 6.07) is 10.2. The van der Waals surface area contributed by atoms with Crippen LogP contribution in [0.3, 0.4) is 0 Å². The Kier molecular flexibility index (Phi) is 6.03. The zero-order chi connectivity index (χ0) is 17.5. The average molecular weight is 357 g/mol. The van der Waals surface area contributed by atoms with E-state index in [-0.39, 0.29) is 0 Å². The highest BCUT2D eigenvalue weighted by Gasteiger charge is 2.12. The number of guanidine groups is 1. The molecule has 0 fully saturated rings. The molecule has 1 unspecified atom stereocenters. The highest BCUT2D eigenvalue weighted by atomic mass is 32.1. The second-order valence-corrected chi connectivity index (χ2v) is 6.85. The van der Waals surface area contributed by atoms with Crippen molar-refractivity contribution in [3.63, 3.8) is 0 Å². The van der Waals surface area contributed by atoms with E-state index in [1.807, 2.05) is 35.3 Å². The van der Waals surface area contributed by atoms with Gasteiger partial charge in [0.15, 0.2) is 5.96 Å². The minimum atomic E-state index is -0.554. The van der Waals surface area contributed by atoms with Crippen molar-refractivity contribution in [2.24, 2.45) is 4.99 Å². The van der Waals surface area contributed by atoms with Gasteiger partial charge >= 0.3 is 0 Å². The summed E-state index contributed by atoms with van der Waals surface area (Å²) in [7, 11) is 1.73. The molecule has 3 N–H and O–H groups in total. The third-order valence-electron chi connectivity index (χ3n) is 3.90. The summed E-state index contributed by atoms with van der Waals surface area (Å²) in [6.45, 7) is 2.14. The molecular formula is C18H23N5OS. The molecule has 2 heterocycles. The van der Waals surface area contributed by atoms with Crippen molar-refractivity contribution in [2.45, 2.75) is 19.1 Å². The highest BCUT2D eigenvalue weighted by molar-refractivity contribution is 7.19. The zero-order valence-electron chi connectivity index (χ0n) is 14.2. The van der Waals surface area contributed by atoms with Gasteiger partial charge in [-0.25, -0.2) is 4.98 Å². The molecule has 25 heavy (non-hydrogen) atoms. The van der Waals surface area contributed by atoms with E-state index in [1.54, 1.807) is 24.6 Å². The number of rotatable bonds is 7. The predicted octanol–water partition coefficient (Wildman–Crippen LogP) is 2.39. The monoisotopic (exact) mass is 357 g/mol. The topological polar surface area (TPSA) is 74.5 Å². The Morgan fingerprint density at radius 1 is 1.36 bits per heavy atom. The lowest BCUT2D eigenvalue weighted by Gasteiger charge is -2.14. The summed E-state index contributed by atoms with van der Waals surface area (Å²) in [5.74, 6) is 0.700. The van der Waals surface area contributed by atoms with E-state index in [4.69, 9.17) is 0 Å². The minimum Gasteiger partial charge on any atom is -0.386 e. The van der Waals surface area contributed by atoms with Crippen molar-refractivity contribution in [1.82, 2.24) is 20.2 Å². The molecular weight excluding hydrogens is 334 g/mol. The van der Waals surface area contributed by atoms with Crippen LogP contribution in [0.5, 0.6) is 0 Å². The Bertz CT molecular complexity index is 779. The number of aromatic nitrogens is 2. The fourth-order valence-electron chi connectivity index (χ4n) is 2.57. The number of nitrogens with zero attached hydrogens (tertiary/aromatic N) is 3. The van der Waals surface area contributed by atoms with Crippen LogP contribution in [-0.2, 0) is 6.54 Å². The van der Waals surface area contributed by atoms with E-state index in [9.17, 15) is 5.11 Å². The number of aryl methyl sites for hydroxylation is 1. The molecule has 0 spiro atoms. The molecule has 0 saturated heterocycles. The lowest BCUT2D eigenvalue weighted by atomic mass is 10.2. The lowest BCUT2D eigenvalue weighted by Crippen LogP contribution is -2.39. The molecule has 0 radical (unpaired) electrons. The molecule has 1 aromatic carbocycles. The first-order valence-electron chi connectivity index (χ1n) is 8.33. The van der Waals surface area contributed by atoms with Gasteiger partial charge in [-0.15, -0.1) is 11.3 Å². The van der Waals surface area contributed by atoms with Gasteiger partial charge in [0, 0.05) is 48.7 Å². The van der Waals surface area contributed by atoms with Gasteiger partial charge in [0.2, 0.25) is 0 Å². The molecule has 2 aromatic heterocycles. The number of aliphatic imine (C=N–C) groups is 1. The molecule has 7 heteroatoms. The Morgan fingerprint density at radius 3 is 3.00 bits per heavy atom. The van der Waals surface area contributed by atoms with E-state index in [0.717, 1.165) is 24.4 Å². The van der Waals surface area contributed by atoms with Crippen molar-refractivity contribution < 1.29 is 5.11 Å². The van der Waals surface area contributed by atoms with Crippen molar-refractivity contribution in [1.29, 1.82) is 0 Å². The van der Waals surface area contributed by atoms with Gasteiger partial charge in [-0.1, -0.05) is 18.2 Å². The van der Waals surface area contributed by atoms with E-state index in [1.165, 1.54) is 10.1 Å². The summed E-state index contributed by atoms with van der Waals surface area (Å²) in [4.78, 5) is 9.19. The van der Waals surface area contributed by atoms with Gasteiger partial charge in [0.25, 0.3) is 0 Å². The molecule has 3 rings (SSSR count). The third-order valence-corrected chi connectivity index (χ3v) is 5.12. The summed E-state index contributed by atoms with van der Waals surface area (Å²) in [5.41, 5.74) is 0. The maximum absolute atomic E-state index is 10.4. The normalized spacial score (nSPS) is 13.1. The molecule has 0 amide bonds. The summed E-state index contributed by atoms with van der Waals surface area (Å²) in [5, 5.41) is 18.0. The van der Waals surface area contributed by atoms with Gasteiger partial charge in [0.1, 0.15) is 6.10 Å².